The quantitative estimate of drug-likeness (QED) is 0.613. The molecular weight excluding hydrogens is 464 g/mol. The van der Waals surface area contributed by atoms with Gasteiger partial charge in [0.15, 0.2) is 11.6 Å². The van der Waals surface area contributed by atoms with Crippen LogP contribution in [0.3, 0.4) is 0 Å². The highest BCUT2D eigenvalue weighted by Gasteiger charge is 2.26. The summed E-state index contributed by atoms with van der Waals surface area (Å²) in [5, 5.41) is 0. The number of nitrogens with one attached hydrogen (secondary N) is 1. The lowest BCUT2D eigenvalue weighted by Crippen LogP contribution is -2.37. The summed E-state index contributed by atoms with van der Waals surface area (Å²) in [5.74, 6) is -2.48. The van der Waals surface area contributed by atoms with E-state index in [1.807, 2.05) is 4.90 Å². The molecule has 1 fully saturated rings. The summed E-state index contributed by atoms with van der Waals surface area (Å²) in [4.78, 5) is 1.29. The lowest BCUT2D eigenvalue weighted by molar-refractivity contribution is 0.123. The van der Waals surface area contributed by atoms with Gasteiger partial charge in [-0.2, -0.15) is 4.31 Å². The van der Waals surface area contributed by atoms with Gasteiger partial charge in [0.2, 0.25) is 10.0 Å². The summed E-state index contributed by atoms with van der Waals surface area (Å²) in [5.41, 5.74) is 0.475. The van der Waals surface area contributed by atoms with Gasteiger partial charge in [-0.25, -0.2) is 25.6 Å². The maximum absolute atomic E-state index is 13.6. The van der Waals surface area contributed by atoms with Crippen molar-refractivity contribution in [2.45, 2.75) is 23.6 Å². The minimum atomic E-state index is -4.33. The van der Waals surface area contributed by atoms with Crippen molar-refractivity contribution >= 4 is 31.4 Å². The summed E-state index contributed by atoms with van der Waals surface area (Å²) in [7, 11) is -8.19. The van der Waals surface area contributed by atoms with Crippen molar-refractivity contribution in [2.75, 3.05) is 49.0 Å². The fourth-order valence-corrected chi connectivity index (χ4v) is 5.96. The first-order valence-corrected chi connectivity index (χ1v) is 13.0. The molecule has 0 bridgehead atoms. The Morgan fingerprint density at radius 1 is 0.938 bits per heavy atom. The van der Waals surface area contributed by atoms with E-state index in [0.717, 1.165) is 6.07 Å². The van der Waals surface area contributed by atoms with Gasteiger partial charge in [0.05, 0.1) is 34.4 Å². The van der Waals surface area contributed by atoms with Crippen LogP contribution in [0.4, 0.5) is 20.2 Å². The van der Waals surface area contributed by atoms with E-state index in [1.54, 1.807) is 13.8 Å². The summed E-state index contributed by atoms with van der Waals surface area (Å²) >= 11 is 0. The Balaban J connectivity index is 2.08. The van der Waals surface area contributed by atoms with Gasteiger partial charge in [0.25, 0.3) is 10.0 Å². The summed E-state index contributed by atoms with van der Waals surface area (Å²) in [6.45, 7) is 5.71. The molecule has 0 saturated carbocycles. The summed E-state index contributed by atoms with van der Waals surface area (Å²) in [6, 6.07) is 6.43. The minimum absolute atomic E-state index is 0.0184. The van der Waals surface area contributed by atoms with Crippen molar-refractivity contribution in [2.24, 2.45) is 0 Å². The molecule has 8 nitrogen and oxygen atoms in total. The molecule has 2 aromatic rings. The second-order valence-electron chi connectivity index (χ2n) is 7.05. The first-order valence-electron chi connectivity index (χ1n) is 10.0. The highest BCUT2D eigenvalue weighted by molar-refractivity contribution is 7.92. The molecule has 0 spiro atoms. The third-order valence-electron chi connectivity index (χ3n) is 5.11. The highest BCUT2D eigenvalue weighted by Crippen LogP contribution is 2.32. The van der Waals surface area contributed by atoms with E-state index in [9.17, 15) is 25.6 Å². The highest BCUT2D eigenvalue weighted by atomic mass is 32.2. The van der Waals surface area contributed by atoms with Crippen LogP contribution < -0.4 is 9.62 Å². The zero-order chi connectivity index (χ0) is 23.5. The van der Waals surface area contributed by atoms with Crippen molar-refractivity contribution in [3.05, 3.63) is 48.0 Å². The molecule has 3 rings (SSSR count). The molecule has 0 aromatic heterocycles. The molecule has 1 aliphatic rings. The van der Waals surface area contributed by atoms with Crippen molar-refractivity contribution in [1.82, 2.24) is 4.31 Å². The fraction of sp³-hybridized carbons (Fsp3) is 0.400. The third kappa shape index (κ3) is 5.03. The Kier molecular flexibility index (Phi) is 7.38. The number of anilines is 2. The molecule has 1 N–H and O–H groups in total. The zero-order valence-corrected chi connectivity index (χ0v) is 19.3. The summed E-state index contributed by atoms with van der Waals surface area (Å²) < 4.78 is 87.6. The van der Waals surface area contributed by atoms with Crippen LogP contribution >= 0.6 is 0 Å². The number of hydrogen-bond acceptors (Lipinski definition) is 6. The standard InChI is InChI=1S/C20H25F2N3O5S2/c1-3-25(4-2)32(28,29)16-6-8-20(24-9-11-30-12-10-24)19(14-16)23-31(26,27)15-5-7-17(21)18(22)13-15/h5-8,13-14,23H,3-4,9-12H2,1-2H3. The minimum Gasteiger partial charge on any atom is -0.378 e. The molecule has 0 amide bonds. The molecule has 0 radical (unpaired) electrons. The Morgan fingerprint density at radius 2 is 1.56 bits per heavy atom. The average Bonchev–Trinajstić information content (AvgIpc) is 2.76. The maximum atomic E-state index is 13.6. The molecule has 1 saturated heterocycles. The topological polar surface area (TPSA) is 96.0 Å². The normalized spacial score (nSPS) is 15.2. The van der Waals surface area contributed by atoms with Crippen LogP contribution in [-0.2, 0) is 24.8 Å². The van der Waals surface area contributed by atoms with Crippen molar-refractivity contribution in [3.8, 4) is 0 Å². The van der Waals surface area contributed by atoms with Crippen LogP contribution in [0.15, 0.2) is 46.2 Å². The average molecular weight is 490 g/mol. The van der Waals surface area contributed by atoms with E-state index in [4.69, 9.17) is 4.74 Å². The van der Waals surface area contributed by atoms with Gasteiger partial charge < -0.3 is 9.64 Å². The molecule has 0 aliphatic carbocycles. The van der Waals surface area contributed by atoms with Gasteiger partial charge in [-0.3, -0.25) is 4.72 Å². The maximum Gasteiger partial charge on any atom is 0.262 e. The number of sulfonamides is 2. The first-order chi connectivity index (χ1) is 15.1. The fourth-order valence-electron chi connectivity index (χ4n) is 3.40. The lowest BCUT2D eigenvalue weighted by Gasteiger charge is -2.31. The van der Waals surface area contributed by atoms with Crippen molar-refractivity contribution in [1.29, 1.82) is 0 Å². The van der Waals surface area contributed by atoms with Crippen LogP contribution in [0, 0.1) is 11.6 Å². The Labute approximate surface area is 186 Å². The van der Waals surface area contributed by atoms with Crippen molar-refractivity contribution in [3.63, 3.8) is 0 Å². The van der Waals surface area contributed by atoms with Gasteiger partial charge in [0, 0.05) is 26.2 Å². The van der Waals surface area contributed by atoms with Crippen LogP contribution in [-0.4, -0.2) is 60.5 Å². The van der Waals surface area contributed by atoms with Crippen LogP contribution in [0.2, 0.25) is 0 Å². The largest absolute Gasteiger partial charge is 0.378 e. The van der Waals surface area contributed by atoms with E-state index in [1.165, 1.54) is 22.5 Å². The first kappa shape index (κ1) is 24.4. The Bertz CT molecular complexity index is 1180. The molecule has 0 unspecified atom stereocenters. The number of nitrogens with zero attached hydrogens (tertiary/aromatic N) is 2. The monoisotopic (exact) mass is 489 g/mol. The molecule has 1 aliphatic heterocycles. The lowest BCUT2D eigenvalue weighted by atomic mass is 10.2. The second-order valence-corrected chi connectivity index (χ2v) is 10.7. The summed E-state index contributed by atoms with van der Waals surface area (Å²) in [6.07, 6.45) is 0. The van der Waals surface area contributed by atoms with Gasteiger partial charge in [-0.15, -0.1) is 0 Å². The number of hydrogen-bond donors (Lipinski definition) is 1. The van der Waals surface area contributed by atoms with E-state index < -0.39 is 36.6 Å². The van der Waals surface area contributed by atoms with Gasteiger partial charge in [-0.1, -0.05) is 13.8 Å². The van der Waals surface area contributed by atoms with Gasteiger partial charge >= 0.3 is 0 Å². The predicted molar refractivity (Wildman–Crippen MR) is 117 cm³/mol. The molecule has 32 heavy (non-hydrogen) atoms. The number of rotatable bonds is 8. The number of morpholine rings is 1. The molecule has 0 atom stereocenters. The predicted octanol–water partition coefficient (Wildman–Crippen LogP) is 2.63. The number of benzene rings is 2. The smallest absolute Gasteiger partial charge is 0.262 e. The molecule has 176 valence electrons. The van der Waals surface area contributed by atoms with Gasteiger partial charge in [0.1, 0.15) is 0 Å². The van der Waals surface area contributed by atoms with Gasteiger partial charge in [-0.05, 0) is 36.4 Å². The molecule has 2 aromatic carbocycles. The van der Waals surface area contributed by atoms with Crippen LogP contribution in [0.5, 0.6) is 0 Å². The SMILES string of the molecule is CCN(CC)S(=O)(=O)c1ccc(N2CCOCC2)c(NS(=O)(=O)c2ccc(F)c(F)c2)c1. The second kappa shape index (κ2) is 9.69. The Morgan fingerprint density at radius 3 is 2.16 bits per heavy atom. The third-order valence-corrected chi connectivity index (χ3v) is 8.52. The van der Waals surface area contributed by atoms with E-state index >= 15 is 0 Å². The number of halogens is 2. The van der Waals surface area contributed by atoms with Crippen LogP contribution in [0.25, 0.3) is 0 Å². The Hall–Kier alpha value is -2.28. The number of ether oxygens (including phenoxy) is 1. The zero-order valence-electron chi connectivity index (χ0n) is 17.7. The van der Waals surface area contributed by atoms with Crippen molar-refractivity contribution < 1.29 is 30.4 Å². The van der Waals surface area contributed by atoms with Crippen LogP contribution in [0.1, 0.15) is 13.8 Å². The molecular formula is C20H25F2N3O5S2. The van der Waals surface area contributed by atoms with E-state index in [2.05, 4.69) is 4.72 Å². The van der Waals surface area contributed by atoms with E-state index in [0.29, 0.717) is 44.1 Å². The molecule has 1 heterocycles. The van der Waals surface area contributed by atoms with E-state index in [-0.39, 0.29) is 23.7 Å². The molecule has 12 heteroatoms.